The molecule has 0 saturated heterocycles. The number of hydrogen-bond donors (Lipinski definition) is 0. The van der Waals surface area contributed by atoms with E-state index in [4.69, 9.17) is 11.6 Å². The summed E-state index contributed by atoms with van der Waals surface area (Å²) in [6.45, 7) is 0. The van der Waals surface area contributed by atoms with Gasteiger partial charge in [-0.15, -0.1) is 0 Å². The lowest BCUT2D eigenvalue weighted by Gasteiger charge is -2.03. The third kappa shape index (κ3) is 2.02. The van der Waals surface area contributed by atoms with E-state index in [-0.39, 0.29) is 0 Å². The summed E-state index contributed by atoms with van der Waals surface area (Å²) in [6, 6.07) is 5.11. The highest BCUT2D eigenvalue weighted by Crippen LogP contribution is 2.27. The highest BCUT2D eigenvalue weighted by molar-refractivity contribution is 6.33. The van der Waals surface area contributed by atoms with Gasteiger partial charge in [-0.05, 0) is 6.07 Å². The molecule has 1 aromatic carbocycles. The number of carbonyl (C=O) groups is 1. The normalized spacial score (nSPS) is 9.93. The SMILES string of the molecule is O=Cc1ccc(-c2cncnc2)c(Cl)c1. The lowest BCUT2D eigenvalue weighted by Crippen LogP contribution is -1.85. The van der Waals surface area contributed by atoms with Crippen LogP contribution in [0.1, 0.15) is 10.4 Å². The molecule has 0 spiro atoms. The number of halogens is 1. The van der Waals surface area contributed by atoms with Crippen molar-refractivity contribution < 1.29 is 4.79 Å². The Morgan fingerprint density at radius 3 is 2.53 bits per heavy atom. The largest absolute Gasteiger partial charge is 0.298 e. The average Bonchev–Trinajstić information content (AvgIpc) is 2.30. The van der Waals surface area contributed by atoms with Crippen LogP contribution < -0.4 is 0 Å². The molecule has 0 saturated carbocycles. The molecule has 0 radical (unpaired) electrons. The second kappa shape index (κ2) is 4.19. The maximum Gasteiger partial charge on any atom is 0.150 e. The van der Waals surface area contributed by atoms with E-state index in [0.717, 1.165) is 17.4 Å². The molecular formula is C11H7ClN2O. The molecule has 0 unspecified atom stereocenters. The number of benzene rings is 1. The second-order valence-electron chi connectivity index (χ2n) is 2.98. The van der Waals surface area contributed by atoms with Gasteiger partial charge in [0.15, 0.2) is 0 Å². The van der Waals surface area contributed by atoms with Crippen molar-refractivity contribution in [3.05, 3.63) is 47.5 Å². The number of hydrogen-bond acceptors (Lipinski definition) is 3. The molecule has 2 rings (SSSR count). The van der Waals surface area contributed by atoms with Gasteiger partial charge in [0.05, 0.1) is 0 Å². The summed E-state index contributed by atoms with van der Waals surface area (Å²) in [5.41, 5.74) is 2.21. The first-order valence-corrected chi connectivity index (χ1v) is 4.69. The lowest BCUT2D eigenvalue weighted by molar-refractivity contribution is 0.112. The van der Waals surface area contributed by atoms with Gasteiger partial charge in [-0.2, -0.15) is 0 Å². The van der Waals surface area contributed by atoms with Crippen LogP contribution in [0.5, 0.6) is 0 Å². The Balaban J connectivity index is 2.51. The van der Waals surface area contributed by atoms with E-state index in [9.17, 15) is 4.79 Å². The van der Waals surface area contributed by atoms with Crippen LogP contribution in [0.2, 0.25) is 5.02 Å². The van der Waals surface area contributed by atoms with Crippen molar-refractivity contribution in [1.82, 2.24) is 9.97 Å². The van der Waals surface area contributed by atoms with Crippen molar-refractivity contribution >= 4 is 17.9 Å². The number of aromatic nitrogens is 2. The van der Waals surface area contributed by atoms with Crippen molar-refractivity contribution in [1.29, 1.82) is 0 Å². The lowest BCUT2D eigenvalue weighted by atomic mass is 10.1. The van der Waals surface area contributed by atoms with Crippen LogP contribution in [0.25, 0.3) is 11.1 Å². The first-order chi connectivity index (χ1) is 7.31. The molecular weight excluding hydrogens is 212 g/mol. The number of rotatable bonds is 2. The molecule has 0 bridgehead atoms. The summed E-state index contributed by atoms with van der Waals surface area (Å²) in [5.74, 6) is 0. The van der Waals surface area contributed by atoms with Crippen LogP contribution in [-0.2, 0) is 0 Å². The molecule has 0 aliphatic carbocycles. The maximum atomic E-state index is 10.5. The molecule has 0 N–H and O–H groups in total. The van der Waals surface area contributed by atoms with Gasteiger partial charge >= 0.3 is 0 Å². The van der Waals surface area contributed by atoms with Crippen molar-refractivity contribution in [3.63, 3.8) is 0 Å². The molecule has 0 amide bonds. The highest BCUT2D eigenvalue weighted by Gasteiger charge is 2.04. The second-order valence-corrected chi connectivity index (χ2v) is 3.39. The molecule has 0 fully saturated rings. The Hall–Kier alpha value is -1.74. The van der Waals surface area contributed by atoms with E-state index < -0.39 is 0 Å². The minimum Gasteiger partial charge on any atom is -0.298 e. The third-order valence-electron chi connectivity index (χ3n) is 2.00. The summed E-state index contributed by atoms with van der Waals surface area (Å²) in [6.07, 6.45) is 5.57. The van der Waals surface area contributed by atoms with Crippen LogP contribution in [0.4, 0.5) is 0 Å². The van der Waals surface area contributed by atoms with Gasteiger partial charge in [0.1, 0.15) is 12.6 Å². The predicted octanol–water partition coefficient (Wildman–Crippen LogP) is 2.61. The van der Waals surface area contributed by atoms with Crippen LogP contribution in [0, 0.1) is 0 Å². The van der Waals surface area contributed by atoms with E-state index in [2.05, 4.69) is 9.97 Å². The molecule has 4 heteroatoms. The van der Waals surface area contributed by atoms with Gasteiger partial charge < -0.3 is 0 Å². The van der Waals surface area contributed by atoms with Crippen molar-refractivity contribution in [2.75, 3.05) is 0 Å². The third-order valence-corrected chi connectivity index (χ3v) is 2.31. The van der Waals surface area contributed by atoms with Crippen LogP contribution >= 0.6 is 11.6 Å². The van der Waals surface area contributed by atoms with Crippen molar-refractivity contribution in [3.8, 4) is 11.1 Å². The first kappa shape index (κ1) is 9.80. The van der Waals surface area contributed by atoms with Gasteiger partial charge in [-0.25, -0.2) is 9.97 Å². The topological polar surface area (TPSA) is 42.9 Å². The summed E-state index contributed by atoms with van der Waals surface area (Å²) >= 11 is 6.03. The predicted molar refractivity (Wildman–Crippen MR) is 57.9 cm³/mol. The van der Waals surface area contributed by atoms with Gasteiger partial charge in [-0.1, -0.05) is 23.7 Å². The molecule has 0 aliphatic rings. The quantitative estimate of drug-likeness (QED) is 0.728. The zero-order valence-corrected chi connectivity index (χ0v) is 8.48. The molecule has 2 aromatic rings. The Morgan fingerprint density at radius 1 is 1.20 bits per heavy atom. The average molecular weight is 219 g/mol. The fourth-order valence-electron chi connectivity index (χ4n) is 1.28. The molecule has 15 heavy (non-hydrogen) atoms. The van der Waals surface area contributed by atoms with Gasteiger partial charge in [0.2, 0.25) is 0 Å². The van der Waals surface area contributed by atoms with Gasteiger partial charge in [0, 0.05) is 34.1 Å². The summed E-state index contributed by atoms with van der Waals surface area (Å²) in [4.78, 5) is 18.3. The molecule has 0 aliphatic heterocycles. The van der Waals surface area contributed by atoms with E-state index in [0.29, 0.717) is 10.6 Å². The van der Waals surface area contributed by atoms with E-state index in [1.807, 2.05) is 0 Å². The minimum absolute atomic E-state index is 0.523. The first-order valence-electron chi connectivity index (χ1n) is 4.31. The zero-order chi connectivity index (χ0) is 10.7. The van der Waals surface area contributed by atoms with Gasteiger partial charge in [-0.3, -0.25) is 4.79 Å². The minimum atomic E-state index is 0.523. The summed E-state index contributed by atoms with van der Waals surface area (Å²) < 4.78 is 0. The standard InChI is InChI=1S/C11H7ClN2O/c12-11-3-8(6-15)1-2-10(11)9-4-13-7-14-5-9/h1-7H. The smallest absolute Gasteiger partial charge is 0.150 e. The van der Waals surface area contributed by atoms with Crippen LogP contribution in [-0.4, -0.2) is 16.3 Å². The molecule has 1 heterocycles. The Bertz CT molecular complexity index is 485. The molecule has 74 valence electrons. The zero-order valence-electron chi connectivity index (χ0n) is 7.72. The van der Waals surface area contributed by atoms with Crippen molar-refractivity contribution in [2.45, 2.75) is 0 Å². The highest BCUT2D eigenvalue weighted by atomic mass is 35.5. The number of nitrogens with zero attached hydrogens (tertiary/aromatic N) is 2. The number of carbonyl (C=O) groups excluding carboxylic acids is 1. The fraction of sp³-hybridized carbons (Fsp3) is 0. The van der Waals surface area contributed by atoms with E-state index >= 15 is 0 Å². The Kier molecular flexibility index (Phi) is 2.74. The monoisotopic (exact) mass is 218 g/mol. The number of aldehydes is 1. The Labute approximate surface area is 91.8 Å². The molecule has 3 nitrogen and oxygen atoms in total. The van der Waals surface area contributed by atoms with Crippen LogP contribution in [0.3, 0.4) is 0 Å². The Morgan fingerprint density at radius 2 is 1.93 bits per heavy atom. The van der Waals surface area contributed by atoms with E-state index in [1.54, 1.807) is 30.6 Å². The van der Waals surface area contributed by atoms with E-state index in [1.165, 1.54) is 6.33 Å². The summed E-state index contributed by atoms with van der Waals surface area (Å²) in [5, 5.41) is 0.523. The van der Waals surface area contributed by atoms with Crippen LogP contribution in [0.15, 0.2) is 36.9 Å². The molecule has 0 atom stereocenters. The van der Waals surface area contributed by atoms with Gasteiger partial charge in [0.25, 0.3) is 0 Å². The summed E-state index contributed by atoms with van der Waals surface area (Å²) in [7, 11) is 0. The molecule has 1 aromatic heterocycles. The van der Waals surface area contributed by atoms with Crippen molar-refractivity contribution in [2.24, 2.45) is 0 Å². The fourth-order valence-corrected chi connectivity index (χ4v) is 1.58. The maximum absolute atomic E-state index is 10.5.